The van der Waals surface area contributed by atoms with Crippen LogP contribution in [0.1, 0.15) is 52.9 Å². The molecule has 0 amide bonds. The van der Waals surface area contributed by atoms with Gasteiger partial charge in [0.1, 0.15) is 0 Å². The van der Waals surface area contributed by atoms with E-state index in [4.69, 9.17) is 0 Å². The average molecular weight is 275 g/mol. The van der Waals surface area contributed by atoms with Crippen molar-refractivity contribution in [3.05, 3.63) is 0 Å². The van der Waals surface area contributed by atoms with Crippen LogP contribution in [0.25, 0.3) is 0 Å². The summed E-state index contributed by atoms with van der Waals surface area (Å²) in [7, 11) is -2.72. The van der Waals surface area contributed by atoms with Crippen LogP contribution < -0.4 is 5.32 Å². The van der Waals surface area contributed by atoms with Crippen molar-refractivity contribution in [2.45, 2.75) is 58.9 Å². The van der Waals surface area contributed by atoms with Crippen molar-refractivity contribution in [2.75, 3.05) is 18.1 Å². The second-order valence-corrected chi connectivity index (χ2v) is 7.91. The minimum atomic E-state index is -2.72. The molecule has 1 aliphatic rings. The van der Waals surface area contributed by atoms with E-state index in [1.165, 1.54) is 19.3 Å². The maximum Gasteiger partial charge on any atom is 0.150 e. The van der Waals surface area contributed by atoms with Crippen LogP contribution >= 0.6 is 0 Å². The Labute approximate surface area is 113 Å². The molecule has 3 nitrogen and oxygen atoms in total. The summed E-state index contributed by atoms with van der Waals surface area (Å²) in [4.78, 5) is 0. The molecular weight excluding hydrogens is 246 g/mol. The fourth-order valence-electron chi connectivity index (χ4n) is 3.04. The lowest BCUT2D eigenvalue weighted by atomic mass is 9.89. The number of hydrogen-bond donors (Lipinski definition) is 1. The summed E-state index contributed by atoms with van der Waals surface area (Å²) in [5.74, 6) is 1.97. The molecule has 0 aromatic heterocycles. The van der Waals surface area contributed by atoms with Crippen molar-refractivity contribution in [1.82, 2.24) is 5.32 Å². The number of hydrogen-bond acceptors (Lipinski definition) is 3. The highest BCUT2D eigenvalue weighted by Crippen LogP contribution is 2.26. The second kappa shape index (κ2) is 7.49. The Morgan fingerprint density at radius 3 is 2.33 bits per heavy atom. The van der Waals surface area contributed by atoms with E-state index in [1.807, 2.05) is 0 Å². The van der Waals surface area contributed by atoms with Gasteiger partial charge >= 0.3 is 0 Å². The topological polar surface area (TPSA) is 46.2 Å². The Morgan fingerprint density at radius 1 is 1.22 bits per heavy atom. The molecule has 18 heavy (non-hydrogen) atoms. The summed E-state index contributed by atoms with van der Waals surface area (Å²) in [6.07, 6.45) is 5.54. The number of rotatable bonds is 8. The van der Waals surface area contributed by atoms with Gasteiger partial charge in [0.05, 0.1) is 11.5 Å². The van der Waals surface area contributed by atoms with E-state index in [9.17, 15) is 8.42 Å². The van der Waals surface area contributed by atoms with Gasteiger partial charge in [0.25, 0.3) is 0 Å². The van der Waals surface area contributed by atoms with Crippen molar-refractivity contribution in [2.24, 2.45) is 11.8 Å². The summed E-state index contributed by atoms with van der Waals surface area (Å²) in [6, 6.07) is 0.498. The Bertz CT molecular complexity index is 323. The van der Waals surface area contributed by atoms with Gasteiger partial charge in [-0.3, -0.25) is 0 Å². The minimum Gasteiger partial charge on any atom is -0.314 e. The van der Waals surface area contributed by atoms with Gasteiger partial charge in [-0.05, 0) is 37.6 Å². The van der Waals surface area contributed by atoms with Crippen LogP contribution in [-0.2, 0) is 9.84 Å². The van der Waals surface area contributed by atoms with Crippen molar-refractivity contribution < 1.29 is 8.42 Å². The molecule has 1 saturated heterocycles. The quantitative estimate of drug-likeness (QED) is 0.740. The van der Waals surface area contributed by atoms with Crippen LogP contribution in [-0.4, -0.2) is 32.5 Å². The third kappa shape index (κ3) is 5.27. The van der Waals surface area contributed by atoms with Crippen LogP contribution in [0.5, 0.6) is 0 Å². The van der Waals surface area contributed by atoms with Crippen LogP contribution in [0.3, 0.4) is 0 Å². The van der Waals surface area contributed by atoms with E-state index in [0.717, 1.165) is 25.3 Å². The molecule has 0 radical (unpaired) electrons. The van der Waals surface area contributed by atoms with Gasteiger partial charge in [-0.2, -0.15) is 0 Å². The predicted octanol–water partition coefficient (Wildman–Crippen LogP) is 2.62. The third-order valence-corrected chi connectivity index (χ3v) is 6.05. The molecule has 0 aromatic carbocycles. The van der Waals surface area contributed by atoms with Crippen LogP contribution in [0, 0.1) is 11.8 Å². The number of nitrogens with one attached hydrogen (secondary N) is 1. The van der Waals surface area contributed by atoms with E-state index in [-0.39, 0.29) is 0 Å². The first-order valence-electron chi connectivity index (χ1n) is 7.44. The summed E-state index contributed by atoms with van der Waals surface area (Å²) < 4.78 is 23.0. The first-order chi connectivity index (χ1) is 8.50. The molecule has 1 heterocycles. The van der Waals surface area contributed by atoms with Crippen LogP contribution in [0.2, 0.25) is 0 Å². The highest BCUT2D eigenvalue weighted by atomic mass is 32.2. The summed E-state index contributed by atoms with van der Waals surface area (Å²) in [5.41, 5.74) is 0. The third-order valence-electron chi connectivity index (χ3n) is 4.21. The molecule has 0 saturated carbocycles. The van der Waals surface area contributed by atoms with E-state index >= 15 is 0 Å². The van der Waals surface area contributed by atoms with Crippen molar-refractivity contribution in [3.63, 3.8) is 0 Å². The molecule has 0 spiro atoms. The first kappa shape index (κ1) is 16.0. The van der Waals surface area contributed by atoms with E-state index < -0.39 is 9.84 Å². The van der Waals surface area contributed by atoms with Gasteiger partial charge in [0, 0.05) is 6.04 Å². The van der Waals surface area contributed by atoms with Gasteiger partial charge in [-0.1, -0.05) is 33.6 Å². The molecule has 2 atom stereocenters. The summed E-state index contributed by atoms with van der Waals surface area (Å²) in [6.45, 7) is 7.60. The molecule has 0 bridgehead atoms. The first-order valence-corrected chi connectivity index (χ1v) is 9.26. The highest BCUT2D eigenvalue weighted by Gasteiger charge is 2.29. The normalized spacial score (nSPS) is 24.6. The number of sulfone groups is 1. The zero-order valence-electron chi connectivity index (χ0n) is 12.1. The van der Waals surface area contributed by atoms with Gasteiger partial charge < -0.3 is 5.32 Å². The maximum atomic E-state index is 11.5. The van der Waals surface area contributed by atoms with Crippen LogP contribution in [0.4, 0.5) is 0 Å². The van der Waals surface area contributed by atoms with Crippen molar-refractivity contribution in [3.8, 4) is 0 Å². The van der Waals surface area contributed by atoms with Gasteiger partial charge in [-0.15, -0.1) is 0 Å². The van der Waals surface area contributed by atoms with Crippen molar-refractivity contribution in [1.29, 1.82) is 0 Å². The van der Waals surface area contributed by atoms with E-state index in [1.54, 1.807) is 0 Å². The van der Waals surface area contributed by atoms with Gasteiger partial charge in [0.2, 0.25) is 0 Å². The maximum absolute atomic E-state index is 11.5. The summed E-state index contributed by atoms with van der Waals surface area (Å²) in [5, 5.41) is 3.54. The molecule has 2 unspecified atom stereocenters. The molecule has 1 N–H and O–H groups in total. The molecular formula is C14H29NO2S. The minimum absolute atomic E-state index is 0.383. The monoisotopic (exact) mass is 275 g/mol. The highest BCUT2D eigenvalue weighted by molar-refractivity contribution is 7.91. The Balaban J connectivity index is 2.47. The van der Waals surface area contributed by atoms with Crippen LogP contribution in [0.15, 0.2) is 0 Å². The van der Waals surface area contributed by atoms with Gasteiger partial charge in [0.15, 0.2) is 9.84 Å². The summed E-state index contributed by atoms with van der Waals surface area (Å²) >= 11 is 0. The lowest BCUT2D eigenvalue weighted by Crippen LogP contribution is -2.33. The zero-order valence-corrected chi connectivity index (χ0v) is 12.9. The smallest absolute Gasteiger partial charge is 0.150 e. The second-order valence-electron chi connectivity index (χ2n) is 5.68. The Morgan fingerprint density at radius 2 is 1.89 bits per heavy atom. The fraction of sp³-hybridized carbons (Fsp3) is 1.00. The zero-order chi connectivity index (χ0) is 13.6. The average Bonchev–Trinajstić information content (AvgIpc) is 2.65. The Hall–Kier alpha value is -0.0900. The van der Waals surface area contributed by atoms with E-state index in [2.05, 4.69) is 26.1 Å². The molecule has 4 heteroatoms. The molecule has 108 valence electrons. The Kier molecular flexibility index (Phi) is 6.64. The fourth-order valence-corrected chi connectivity index (χ4v) is 4.92. The molecule has 1 aliphatic heterocycles. The van der Waals surface area contributed by atoms with Gasteiger partial charge in [-0.25, -0.2) is 8.42 Å². The molecule has 0 aromatic rings. The molecule has 0 aliphatic carbocycles. The largest absolute Gasteiger partial charge is 0.314 e. The SMILES string of the molecule is CCNC(CC(CC)CC)CC1CCS(=O)(=O)C1. The standard InChI is InChI=1S/C14H29NO2S/c1-4-12(5-2)9-14(15-6-3)10-13-7-8-18(16,17)11-13/h12-15H,4-11H2,1-3H3. The molecule has 1 fully saturated rings. The predicted molar refractivity (Wildman–Crippen MR) is 77.5 cm³/mol. The van der Waals surface area contributed by atoms with Crippen molar-refractivity contribution >= 4 is 9.84 Å². The lowest BCUT2D eigenvalue weighted by Gasteiger charge is -2.24. The molecule has 1 rings (SSSR count). The lowest BCUT2D eigenvalue weighted by molar-refractivity contribution is 0.324. The van der Waals surface area contributed by atoms with E-state index in [0.29, 0.717) is 23.5 Å².